The van der Waals surface area contributed by atoms with E-state index in [4.69, 9.17) is 5.73 Å². The number of hydrogen-bond acceptors (Lipinski definition) is 2. The maximum atomic E-state index is 12.9. The van der Waals surface area contributed by atoms with Gasteiger partial charge in [-0.05, 0) is 48.0 Å². The molecule has 2 aromatic carbocycles. The summed E-state index contributed by atoms with van der Waals surface area (Å²) in [4.78, 5) is 11.0. The van der Waals surface area contributed by atoms with Crippen LogP contribution in [-0.2, 0) is 0 Å². The number of carbonyl (C=O) groups excluding carboxylic acids is 1. The molecule has 4 nitrogen and oxygen atoms in total. The average Bonchev–Trinajstić information content (AvgIpc) is 2.98. The minimum Gasteiger partial charge on any atom is -0.366 e. The number of hydrogen-bond donors (Lipinski definition) is 2. The third-order valence-corrected chi connectivity index (χ3v) is 3.20. The van der Waals surface area contributed by atoms with Crippen molar-refractivity contribution in [3.63, 3.8) is 0 Å². The molecule has 3 aromatic rings. The van der Waals surface area contributed by atoms with E-state index in [1.165, 1.54) is 12.1 Å². The van der Waals surface area contributed by atoms with Gasteiger partial charge in [0.1, 0.15) is 5.82 Å². The van der Waals surface area contributed by atoms with E-state index < -0.39 is 5.91 Å². The van der Waals surface area contributed by atoms with E-state index in [0.29, 0.717) is 5.56 Å². The maximum Gasteiger partial charge on any atom is 0.248 e. The van der Waals surface area contributed by atoms with Crippen LogP contribution in [0.1, 0.15) is 10.4 Å². The SMILES string of the molecule is NC(=O)c1ccc(-c2cc(-c3ccc(F)cc3)[nH]n2)cc1. The molecule has 3 N–H and O–H groups in total. The number of H-pyrrole nitrogens is 1. The van der Waals surface area contributed by atoms with Crippen molar-refractivity contribution in [3.05, 3.63) is 66.0 Å². The number of primary amides is 1. The molecule has 3 rings (SSSR count). The summed E-state index contributed by atoms with van der Waals surface area (Å²) in [5, 5.41) is 7.14. The minimum absolute atomic E-state index is 0.277. The molecule has 0 aliphatic rings. The highest BCUT2D eigenvalue weighted by Crippen LogP contribution is 2.24. The van der Waals surface area contributed by atoms with E-state index in [2.05, 4.69) is 10.2 Å². The number of amides is 1. The van der Waals surface area contributed by atoms with Crippen LogP contribution in [0.25, 0.3) is 22.5 Å². The molecule has 5 heteroatoms. The predicted molar refractivity (Wildman–Crippen MR) is 77.9 cm³/mol. The molecule has 0 fully saturated rings. The van der Waals surface area contributed by atoms with Gasteiger partial charge in [0, 0.05) is 11.1 Å². The maximum absolute atomic E-state index is 12.9. The number of nitrogens with one attached hydrogen (secondary N) is 1. The van der Waals surface area contributed by atoms with Crippen LogP contribution in [0.4, 0.5) is 4.39 Å². The number of benzene rings is 2. The van der Waals surface area contributed by atoms with Crippen molar-refractivity contribution in [1.82, 2.24) is 10.2 Å². The molecule has 1 heterocycles. The van der Waals surface area contributed by atoms with Crippen molar-refractivity contribution in [2.75, 3.05) is 0 Å². The average molecular weight is 281 g/mol. The van der Waals surface area contributed by atoms with Gasteiger partial charge in [-0.15, -0.1) is 0 Å². The van der Waals surface area contributed by atoms with E-state index in [1.54, 1.807) is 36.4 Å². The normalized spacial score (nSPS) is 10.5. The summed E-state index contributed by atoms with van der Waals surface area (Å²) in [7, 11) is 0. The molecule has 0 unspecified atom stereocenters. The molecular weight excluding hydrogens is 269 g/mol. The topological polar surface area (TPSA) is 71.8 Å². The van der Waals surface area contributed by atoms with Crippen molar-refractivity contribution in [2.45, 2.75) is 0 Å². The quantitative estimate of drug-likeness (QED) is 0.774. The van der Waals surface area contributed by atoms with Gasteiger partial charge < -0.3 is 5.73 Å². The fourth-order valence-corrected chi connectivity index (χ4v) is 2.05. The summed E-state index contributed by atoms with van der Waals surface area (Å²) in [6, 6.07) is 14.9. The van der Waals surface area contributed by atoms with Crippen LogP contribution in [0.2, 0.25) is 0 Å². The lowest BCUT2D eigenvalue weighted by atomic mass is 10.1. The Balaban J connectivity index is 1.90. The van der Waals surface area contributed by atoms with Gasteiger partial charge in [0.05, 0.1) is 11.4 Å². The Morgan fingerprint density at radius 3 is 2.24 bits per heavy atom. The first-order valence-corrected chi connectivity index (χ1v) is 6.35. The van der Waals surface area contributed by atoms with Crippen molar-refractivity contribution in [3.8, 4) is 22.5 Å². The molecule has 0 radical (unpaired) electrons. The highest BCUT2D eigenvalue weighted by Gasteiger charge is 2.07. The molecule has 0 aliphatic heterocycles. The van der Waals surface area contributed by atoms with E-state index in [1.807, 2.05) is 6.07 Å². The zero-order valence-corrected chi connectivity index (χ0v) is 11.0. The Kier molecular flexibility index (Phi) is 3.23. The second-order valence-corrected chi connectivity index (χ2v) is 4.62. The Labute approximate surface area is 120 Å². The number of nitrogens with zero attached hydrogens (tertiary/aromatic N) is 1. The first-order valence-electron chi connectivity index (χ1n) is 6.35. The Morgan fingerprint density at radius 1 is 1.00 bits per heavy atom. The summed E-state index contributed by atoms with van der Waals surface area (Å²) in [5.74, 6) is -0.740. The third-order valence-electron chi connectivity index (χ3n) is 3.20. The van der Waals surface area contributed by atoms with Gasteiger partial charge in [0.15, 0.2) is 0 Å². The molecular formula is C16H12FN3O. The molecule has 0 bridgehead atoms. The van der Waals surface area contributed by atoms with Crippen molar-refractivity contribution >= 4 is 5.91 Å². The second kappa shape index (κ2) is 5.20. The number of carbonyl (C=O) groups is 1. The zero-order valence-electron chi connectivity index (χ0n) is 11.0. The highest BCUT2D eigenvalue weighted by atomic mass is 19.1. The molecule has 0 saturated heterocycles. The molecule has 1 amide bonds. The molecule has 0 saturated carbocycles. The van der Waals surface area contributed by atoms with Crippen molar-refractivity contribution in [2.24, 2.45) is 5.73 Å². The van der Waals surface area contributed by atoms with Gasteiger partial charge in [0.25, 0.3) is 0 Å². The zero-order chi connectivity index (χ0) is 14.8. The molecule has 104 valence electrons. The number of nitrogens with two attached hydrogens (primary N) is 1. The second-order valence-electron chi connectivity index (χ2n) is 4.62. The standard InChI is InChI=1S/C16H12FN3O/c17-13-7-5-11(6-8-13)15-9-14(19-20-15)10-1-3-12(4-2-10)16(18)21/h1-9H,(H2,18,21)(H,19,20). The highest BCUT2D eigenvalue weighted by molar-refractivity contribution is 5.93. The largest absolute Gasteiger partial charge is 0.366 e. The lowest BCUT2D eigenvalue weighted by Gasteiger charge is -1.98. The Hall–Kier alpha value is -2.95. The first-order chi connectivity index (χ1) is 10.1. The molecule has 0 atom stereocenters. The van der Waals surface area contributed by atoms with Crippen LogP contribution < -0.4 is 5.73 Å². The molecule has 0 spiro atoms. The number of aromatic amines is 1. The van der Waals surface area contributed by atoms with Crippen LogP contribution >= 0.6 is 0 Å². The number of halogens is 1. The van der Waals surface area contributed by atoms with Gasteiger partial charge in [0.2, 0.25) is 5.91 Å². The fraction of sp³-hybridized carbons (Fsp3) is 0. The summed E-state index contributed by atoms with van der Waals surface area (Å²) >= 11 is 0. The summed E-state index contributed by atoms with van der Waals surface area (Å²) in [5.41, 5.74) is 8.91. The lowest BCUT2D eigenvalue weighted by Crippen LogP contribution is -2.10. The van der Waals surface area contributed by atoms with Crippen molar-refractivity contribution in [1.29, 1.82) is 0 Å². The van der Waals surface area contributed by atoms with Gasteiger partial charge >= 0.3 is 0 Å². The van der Waals surface area contributed by atoms with Gasteiger partial charge in [-0.2, -0.15) is 5.10 Å². The van der Waals surface area contributed by atoms with Crippen LogP contribution in [-0.4, -0.2) is 16.1 Å². The summed E-state index contributed by atoms with van der Waals surface area (Å²) < 4.78 is 12.9. The van der Waals surface area contributed by atoms with E-state index in [0.717, 1.165) is 22.5 Å². The van der Waals surface area contributed by atoms with E-state index in [-0.39, 0.29) is 5.82 Å². The van der Waals surface area contributed by atoms with E-state index in [9.17, 15) is 9.18 Å². The first kappa shape index (κ1) is 13.1. The van der Waals surface area contributed by atoms with Gasteiger partial charge in [-0.3, -0.25) is 9.89 Å². The third kappa shape index (κ3) is 2.67. The van der Waals surface area contributed by atoms with Gasteiger partial charge in [-0.1, -0.05) is 12.1 Å². The summed E-state index contributed by atoms with van der Waals surface area (Å²) in [6.45, 7) is 0. The fourth-order valence-electron chi connectivity index (χ4n) is 2.05. The lowest BCUT2D eigenvalue weighted by molar-refractivity contribution is 0.100. The minimum atomic E-state index is -0.462. The van der Waals surface area contributed by atoms with Crippen LogP contribution in [0.15, 0.2) is 54.6 Å². The number of rotatable bonds is 3. The van der Waals surface area contributed by atoms with Crippen molar-refractivity contribution < 1.29 is 9.18 Å². The monoisotopic (exact) mass is 281 g/mol. The van der Waals surface area contributed by atoms with Crippen LogP contribution in [0, 0.1) is 5.82 Å². The van der Waals surface area contributed by atoms with Crippen LogP contribution in [0.5, 0.6) is 0 Å². The molecule has 1 aromatic heterocycles. The molecule has 21 heavy (non-hydrogen) atoms. The van der Waals surface area contributed by atoms with Crippen LogP contribution in [0.3, 0.4) is 0 Å². The van der Waals surface area contributed by atoms with E-state index >= 15 is 0 Å². The number of aromatic nitrogens is 2. The predicted octanol–water partition coefficient (Wildman–Crippen LogP) is 2.98. The summed E-state index contributed by atoms with van der Waals surface area (Å²) in [6.07, 6.45) is 0. The smallest absolute Gasteiger partial charge is 0.248 e. The van der Waals surface area contributed by atoms with Gasteiger partial charge in [-0.25, -0.2) is 4.39 Å². The Morgan fingerprint density at radius 2 is 1.62 bits per heavy atom. The molecule has 0 aliphatic carbocycles. The Bertz CT molecular complexity index is 776.